The van der Waals surface area contributed by atoms with E-state index in [1.807, 2.05) is 75.9 Å². The number of halogens is 1. The maximum Gasteiger partial charge on any atom is 0.410 e. The average molecular weight is 630 g/mol. The van der Waals surface area contributed by atoms with Crippen LogP contribution < -0.4 is 9.64 Å². The normalized spacial score (nSPS) is 21.1. The Balaban J connectivity index is 1.24. The van der Waals surface area contributed by atoms with Crippen molar-refractivity contribution < 1.29 is 33.3 Å². The third kappa shape index (κ3) is 5.54. The van der Waals surface area contributed by atoms with Gasteiger partial charge in [-0.3, -0.25) is 4.79 Å². The highest BCUT2D eigenvalue weighted by molar-refractivity contribution is 5.86. The van der Waals surface area contributed by atoms with Gasteiger partial charge in [0.15, 0.2) is 0 Å². The van der Waals surface area contributed by atoms with Gasteiger partial charge >= 0.3 is 12.1 Å². The van der Waals surface area contributed by atoms with Gasteiger partial charge in [-0.05, 0) is 94.0 Å². The van der Waals surface area contributed by atoms with E-state index in [4.69, 9.17) is 19.2 Å². The number of hydrogen-bond acceptors (Lipinski definition) is 7. The molecule has 1 aromatic heterocycles. The molecule has 9 nitrogen and oxygen atoms in total. The van der Waals surface area contributed by atoms with Crippen LogP contribution >= 0.6 is 0 Å². The predicted octanol–water partition coefficient (Wildman–Crippen LogP) is 6.78. The minimum atomic E-state index is -0.934. The number of piperidine rings is 1. The highest BCUT2D eigenvalue weighted by Crippen LogP contribution is 2.64. The Morgan fingerprint density at radius 1 is 1.13 bits per heavy atom. The first-order valence-corrected chi connectivity index (χ1v) is 15.6. The number of para-hydroxylation sites is 1. The smallest absolute Gasteiger partial charge is 0.410 e. The van der Waals surface area contributed by atoms with Crippen LogP contribution in [0.3, 0.4) is 0 Å². The second-order valence-electron chi connectivity index (χ2n) is 13.4. The van der Waals surface area contributed by atoms with E-state index in [0.29, 0.717) is 66.6 Å². The lowest BCUT2D eigenvalue weighted by Gasteiger charge is -2.32. The zero-order valence-corrected chi connectivity index (χ0v) is 27.1. The van der Waals surface area contributed by atoms with Gasteiger partial charge < -0.3 is 29.1 Å². The van der Waals surface area contributed by atoms with Crippen molar-refractivity contribution in [1.82, 2.24) is 9.88 Å². The molecule has 1 saturated carbocycles. The molecule has 1 amide bonds. The quantitative estimate of drug-likeness (QED) is 0.286. The molecule has 1 aliphatic carbocycles. The monoisotopic (exact) mass is 629 g/mol. The number of carbonyl (C=O) groups is 2. The number of hydrogen-bond donors (Lipinski definition) is 1. The highest BCUT2D eigenvalue weighted by Gasteiger charge is 2.69. The molecule has 3 heterocycles. The molecule has 1 N–H and O–H groups in total. The fraction of sp³-hybridized carbons (Fsp3) is 0.417. The van der Waals surface area contributed by atoms with Crippen molar-refractivity contribution in [3.63, 3.8) is 0 Å². The summed E-state index contributed by atoms with van der Waals surface area (Å²) in [5.74, 6) is 0.0656. The zero-order valence-electron chi connectivity index (χ0n) is 27.1. The molecule has 3 aliphatic rings. The third-order valence-electron chi connectivity index (χ3n) is 9.15. The Morgan fingerprint density at radius 3 is 2.61 bits per heavy atom. The van der Waals surface area contributed by atoms with Crippen LogP contribution in [-0.2, 0) is 33.8 Å². The minimum Gasteiger partial charge on any atom is -0.503 e. The Morgan fingerprint density at radius 2 is 1.89 bits per heavy atom. The van der Waals surface area contributed by atoms with Gasteiger partial charge in [-0.25, -0.2) is 14.2 Å². The molecule has 46 heavy (non-hydrogen) atoms. The standard InChI is InChI=1S/C36H40FN3O6/c1-21-9-7-10-26(28-11-8-12-30(38-28)40-17-24-16-36(24,33(41)42)29(40)20-44-6)32(21)45-19-23-15-22(2)27-18-39(14-13-25(27)31(23)37)34(43)46-35(3,4)5/h7-12,15,20,24H,13-14,16-19H2,1-6H3,(H,41,42)/b29-20+/t24-,36+/m0/s1. The van der Waals surface area contributed by atoms with E-state index in [1.165, 1.54) is 13.4 Å². The van der Waals surface area contributed by atoms with Gasteiger partial charge in [0, 0.05) is 36.7 Å². The van der Waals surface area contributed by atoms with Gasteiger partial charge in [0.1, 0.15) is 41.3 Å². The number of fused-ring (bicyclic) bond motifs is 2. The second kappa shape index (κ2) is 11.6. The molecule has 10 heteroatoms. The Kier molecular flexibility index (Phi) is 7.94. The molecule has 0 unspecified atom stereocenters. The largest absolute Gasteiger partial charge is 0.503 e. The molecular formula is C36H40FN3O6. The summed E-state index contributed by atoms with van der Waals surface area (Å²) in [5.41, 5.74) is 4.10. The van der Waals surface area contributed by atoms with Gasteiger partial charge in [0.2, 0.25) is 0 Å². The van der Waals surface area contributed by atoms with Crippen LogP contribution in [-0.4, -0.2) is 52.9 Å². The summed E-state index contributed by atoms with van der Waals surface area (Å²) in [6, 6.07) is 13.2. The first-order chi connectivity index (χ1) is 21.8. The molecule has 242 valence electrons. The van der Waals surface area contributed by atoms with Crippen LogP contribution in [0.4, 0.5) is 15.0 Å². The van der Waals surface area contributed by atoms with Crippen molar-refractivity contribution in [2.45, 2.75) is 66.2 Å². The number of anilines is 1. The topological polar surface area (TPSA) is 101 Å². The average Bonchev–Trinajstić information content (AvgIpc) is 3.66. The lowest BCUT2D eigenvalue weighted by molar-refractivity contribution is -0.142. The van der Waals surface area contributed by atoms with E-state index in [2.05, 4.69) is 0 Å². The summed E-state index contributed by atoms with van der Waals surface area (Å²) in [5, 5.41) is 9.99. The molecule has 0 radical (unpaired) electrons. The van der Waals surface area contributed by atoms with E-state index in [1.54, 1.807) is 11.0 Å². The minimum absolute atomic E-state index is 0.00470. The summed E-state index contributed by atoms with van der Waals surface area (Å²) >= 11 is 0. The van der Waals surface area contributed by atoms with E-state index in [9.17, 15) is 14.7 Å². The summed E-state index contributed by atoms with van der Waals surface area (Å²) in [4.78, 5) is 33.3. The fourth-order valence-corrected chi connectivity index (χ4v) is 6.77. The number of nitrogens with zero attached hydrogens (tertiary/aromatic N) is 3. The van der Waals surface area contributed by atoms with Gasteiger partial charge in [-0.15, -0.1) is 0 Å². The van der Waals surface area contributed by atoms with E-state index in [-0.39, 0.29) is 18.3 Å². The van der Waals surface area contributed by atoms with Gasteiger partial charge in [0.05, 0.1) is 18.5 Å². The molecule has 2 aromatic carbocycles. The lowest BCUT2D eigenvalue weighted by Crippen LogP contribution is -2.40. The molecule has 0 spiro atoms. The summed E-state index contributed by atoms with van der Waals surface area (Å²) < 4.78 is 33.1. The number of aliphatic carboxylic acids is 1. The Labute approximate surface area is 268 Å². The predicted molar refractivity (Wildman–Crippen MR) is 171 cm³/mol. The maximum atomic E-state index is 15.9. The van der Waals surface area contributed by atoms with Crippen LogP contribution in [0.2, 0.25) is 0 Å². The van der Waals surface area contributed by atoms with Crippen molar-refractivity contribution in [3.8, 4) is 17.0 Å². The van der Waals surface area contributed by atoms with Crippen molar-refractivity contribution in [1.29, 1.82) is 0 Å². The molecule has 3 aromatic rings. The van der Waals surface area contributed by atoms with Crippen LogP contribution in [0.15, 0.2) is 54.4 Å². The number of benzene rings is 2. The van der Waals surface area contributed by atoms with Crippen molar-refractivity contribution in [2.24, 2.45) is 11.3 Å². The Bertz CT molecular complexity index is 1750. The number of aryl methyl sites for hydroxylation is 2. The molecule has 1 saturated heterocycles. The first-order valence-electron chi connectivity index (χ1n) is 15.6. The van der Waals surface area contributed by atoms with Gasteiger partial charge in [-0.2, -0.15) is 0 Å². The highest BCUT2D eigenvalue weighted by atomic mass is 19.1. The number of rotatable bonds is 7. The molecule has 6 rings (SSSR count). The summed E-state index contributed by atoms with van der Waals surface area (Å²) in [6.07, 6.45) is 2.09. The molecule has 0 bridgehead atoms. The fourth-order valence-electron chi connectivity index (χ4n) is 6.77. The van der Waals surface area contributed by atoms with Crippen LogP contribution in [0.25, 0.3) is 11.3 Å². The number of carbonyl (C=O) groups excluding carboxylic acids is 1. The van der Waals surface area contributed by atoms with E-state index in [0.717, 1.165) is 22.3 Å². The first kappa shape index (κ1) is 31.4. The van der Waals surface area contributed by atoms with Crippen molar-refractivity contribution >= 4 is 17.9 Å². The van der Waals surface area contributed by atoms with Crippen LogP contribution in [0.5, 0.6) is 5.75 Å². The van der Waals surface area contributed by atoms with Crippen LogP contribution in [0, 0.1) is 31.0 Å². The van der Waals surface area contributed by atoms with Gasteiger partial charge in [-0.1, -0.05) is 18.2 Å². The van der Waals surface area contributed by atoms with E-state index >= 15 is 4.39 Å². The van der Waals surface area contributed by atoms with Crippen LogP contribution in [0.1, 0.15) is 55.0 Å². The lowest BCUT2D eigenvalue weighted by atomic mass is 9.92. The Hall–Kier alpha value is -4.60. The number of carboxylic acid groups (broad SMARTS) is 1. The number of ether oxygens (including phenoxy) is 3. The summed E-state index contributed by atoms with van der Waals surface area (Å²) in [7, 11) is 1.52. The molecule has 2 atom stereocenters. The molecular weight excluding hydrogens is 589 g/mol. The number of carboxylic acids is 1. The molecule has 2 aliphatic heterocycles. The zero-order chi connectivity index (χ0) is 33.0. The van der Waals surface area contributed by atoms with Crippen molar-refractivity contribution in [2.75, 3.05) is 25.1 Å². The van der Waals surface area contributed by atoms with Crippen molar-refractivity contribution in [3.05, 3.63) is 88.1 Å². The second-order valence-corrected chi connectivity index (χ2v) is 13.4. The number of amides is 1. The molecule has 2 fully saturated rings. The number of methoxy groups -OCH3 is 1. The third-order valence-corrected chi connectivity index (χ3v) is 9.15. The number of pyridine rings is 1. The summed E-state index contributed by atoms with van der Waals surface area (Å²) in [6.45, 7) is 10.6. The van der Waals surface area contributed by atoms with Gasteiger partial charge in [0.25, 0.3) is 0 Å². The maximum absolute atomic E-state index is 15.9. The SMILES string of the molecule is CO/C=C1/N(c2cccc(-c3cccc(C)c3OCc3cc(C)c4c(c3F)CCN(C(=O)OC(C)(C)C)C4)n2)C[C@@H]2C[C@]12C(=O)O. The number of aromatic nitrogens is 1. The van der Waals surface area contributed by atoms with E-state index < -0.39 is 23.1 Å².